The first kappa shape index (κ1) is 17.7. The average molecular weight is 407 g/mol. The van der Waals surface area contributed by atoms with Crippen molar-refractivity contribution in [2.24, 2.45) is 0 Å². The largest absolute Gasteiger partial charge is 0.339 e. The lowest BCUT2D eigenvalue weighted by Crippen LogP contribution is -2.12. The molecule has 3 heterocycles. The molecule has 0 unspecified atom stereocenters. The highest BCUT2D eigenvalue weighted by molar-refractivity contribution is 7.13. The molecular formula is C19H17N7O2S. The summed E-state index contributed by atoms with van der Waals surface area (Å²) >= 11 is 1.54. The van der Waals surface area contributed by atoms with Gasteiger partial charge in [-0.15, -0.1) is 16.4 Å². The van der Waals surface area contributed by atoms with Crippen LogP contribution in [0.5, 0.6) is 0 Å². The van der Waals surface area contributed by atoms with Crippen LogP contribution in [-0.4, -0.2) is 36.3 Å². The third-order valence-electron chi connectivity index (χ3n) is 4.57. The Morgan fingerprint density at radius 2 is 2.21 bits per heavy atom. The lowest BCUT2D eigenvalue weighted by molar-refractivity contribution is -0.116. The molecule has 0 aliphatic heterocycles. The molecule has 9 nitrogen and oxygen atoms in total. The molecule has 1 saturated carbocycles. The molecule has 1 fully saturated rings. The Morgan fingerprint density at radius 1 is 1.28 bits per heavy atom. The molecule has 0 saturated heterocycles. The number of benzene rings is 1. The second kappa shape index (κ2) is 7.55. The minimum Gasteiger partial charge on any atom is -0.339 e. The van der Waals surface area contributed by atoms with Gasteiger partial charge in [0.1, 0.15) is 0 Å². The van der Waals surface area contributed by atoms with Gasteiger partial charge in [-0.2, -0.15) is 4.98 Å². The van der Waals surface area contributed by atoms with Crippen LogP contribution in [-0.2, 0) is 11.2 Å². The zero-order valence-corrected chi connectivity index (χ0v) is 16.2. The predicted octanol–water partition coefficient (Wildman–Crippen LogP) is 3.36. The SMILES string of the molecule is O=C(CCc1nc(-c2cccs2)no1)Nc1cccc(-c2nnnn2C2CC2)c1. The summed E-state index contributed by atoms with van der Waals surface area (Å²) in [6.45, 7) is 0. The van der Waals surface area contributed by atoms with E-state index in [0.29, 0.717) is 29.9 Å². The maximum Gasteiger partial charge on any atom is 0.227 e. The van der Waals surface area contributed by atoms with Crippen molar-refractivity contribution in [3.63, 3.8) is 0 Å². The fraction of sp³-hybridized carbons (Fsp3) is 0.263. The van der Waals surface area contributed by atoms with Gasteiger partial charge in [0.15, 0.2) is 5.82 Å². The first-order valence-electron chi connectivity index (χ1n) is 9.31. The summed E-state index contributed by atoms with van der Waals surface area (Å²) in [4.78, 5) is 17.6. The van der Waals surface area contributed by atoms with Crippen LogP contribution in [0.3, 0.4) is 0 Å². The minimum atomic E-state index is -0.125. The van der Waals surface area contributed by atoms with Crippen molar-refractivity contribution in [3.05, 3.63) is 47.7 Å². The van der Waals surface area contributed by atoms with Crippen LogP contribution < -0.4 is 5.32 Å². The zero-order chi connectivity index (χ0) is 19.6. The number of nitrogens with one attached hydrogen (secondary N) is 1. The fourth-order valence-corrected chi connectivity index (χ4v) is 3.64. The van der Waals surface area contributed by atoms with Crippen molar-refractivity contribution in [3.8, 4) is 22.1 Å². The summed E-state index contributed by atoms with van der Waals surface area (Å²) in [6.07, 6.45) is 2.82. The topological polar surface area (TPSA) is 112 Å². The summed E-state index contributed by atoms with van der Waals surface area (Å²) in [5.41, 5.74) is 1.57. The van der Waals surface area contributed by atoms with Crippen LogP contribution in [0.25, 0.3) is 22.1 Å². The minimum absolute atomic E-state index is 0.125. The fourth-order valence-electron chi connectivity index (χ4n) is 2.99. The van der Waals surface area contributed by atoms with Crippen molar-refractivity contribution in [1.29, 1.82) is 0 Å². The van der Waals surface area contributed by atoms with E-state index in [1.807, 2.05) is 46.5 Å². The molecular weight excluding hydrogens is 390 g/mol. The second-order valence-electron chi connectivity index (χ2n) is 6.80. The van der Waals surface area contributed by atoms with E-state index in [0.717, 1.165) is 29.1 Å². The van der Waals surface area contributed by atoms with Crippen LogP contribution >= 0.6 is 11.3 Å². The van der Waals surface area contributed by atoms with E-state index >= 15 is 0 Å². The van der Waals surface area contributed by atoms with Gasteiger partial charge in [0.2, 0.25) is 17.6 Å². The van der Waals surface area contributed by atoms with E-state index in [9.17, 15) is 4.79 Å². The Morgan fingerprint density at radius 3 is 3.03 bits per heavy atom. The van der Waals surface area contributed by atoms with Gasteiger partial charge in [-0.25, -0.2) is 4.68 Å². The summed E-state index contributed by atoms with van der Waals surface area (Å²) in [5.74, 6) is 1.59. The molecule has 0 bridgehead atoms. The number of amides is 1. The highest BCUT2D eigenvalue weighted by Crippen LogP contribution is 2.36. The van der Waals surface area contributed by atoms with E-state index in [-0.39, 0.29) is 12.3 Å². The Kier molecular flexibility index (Phi) is 4.60. The van der Waals surface area contributed by atoms with Crippen molar-refractivity contribution in [1.82, 2.24) is 30.3 Å². The van der Waals surface area contributed by atoms with Gasteiger partial charge < -0.3 is 9.84 Å². The lowest BCUT2D eigenvalue weighted by atomic mass is 10.2. The lowest BCUT2D eigenvalue weighted by Gasteiger charge is -2.07. The molecule has 0 atom stereocenters. The van der Waals surface area contributed by atoms with Crippen molar-refractivity contribution in [2.75, 3.05) is 5.32 Å². The number of hydrogen-bond acceptors (Lipinski definition) is 8. The van der Waals surface area contributed by atoms with Gasteiger partial charge in [-0.05, 0) is 46.8 Å². The molecule has 1 aromatic carbocycles. The first-order chi connectivity index (χ1) is 14.3. The van der Waals surface area contributed by atoms with Crippen molar-refractivity contribution in [2.45, 2.75) is 31.7 Å². The van der Waals surface area contributed by atoms with Crippen LogP contribution in [0.1, 0.15) is 31.2 Å². The van der Waals surface area contributed by atoms with Gasteiger partial charge in [0.05, 0.1) is 10.9 Å². The van der Waals surface area contributed by atoms with E-state index in [1.54, 1.807) is 11.3 Å². The molecule has 1 N–H and O–H groups in total. The van der Waals surface area contributed by atoms with Crippen molar-refractivity contribution < 1.29 is 9.32 Å². The molecule has 10 heteroatoms. The van der Waals surface area contributed by atoms with Crippen LogP contribution in [0.4, 0.5) is 5.69 Å². The molecule has 0 spiro atoms. The van der Waals surface area contributed by atoms with Crippen LogP contribution in [0, 0.1) is 0 Å². The smallest absolute Gasteiger partial charge is 0.227 e. The number of hydrogen-bond donors (Lipinski definition) is 1. The quantitative estimate of drug-likeness (QED) is 0.500. The van der Waals surface area contributed by atoms with Crippen LogP contribution in [0.2, 0.25) is 0 Å². The van der Waals surface area contributed by atoms with Gasteiger partial charge in [-0.1, -0.05) is 23.4 Å². The Bertz CT molecular complexity index is 1130. The molecule has 5 rings (SSSR count). The molecule has 4 aromatic rings. The maximum atomic E-state index is 12.4. The van der Waals surface area contributed by atoms with E-state index in [1.165, 1.54) is 0 Å². The van der Waals surface area contributed by atoms with Gasteiger partial charge in [-0.3, -0.25) is 4.79 Å². The van der Waals surface area contributed by atoms with E-state index in [4.69, 9.17) is 4.52 Å². The molecule has 1 aliphatic carbocycles. The van der Waals surface area contributed by atoms with Gasteiger partial charge in [0.25, 0.3) is 0 Å². The Hall–Kier alpha value is -3.40. The predicted molar refractivity (Wildman–Crippen MR) is 106 cm³/mol. The molecule has 146 valence electrons. The molecule has 1 amide bonds. The number of aryl methyl sites for hydroxylation is 1. The number of anilines is 1. The average Bonchev–Trinajstić information content (AvgIpc) is 3.17. The Labute approximate surface area is 169 Å². The summed E-state index contributed by atoms with van der Waals surface area (Å²) in [5, 5.41) is 20.8. The third kappa shape index (κ3) is 3.92. The Balaban J connectivity index is 1.21. The van der Waals surface area contributed by atoms with Gasteiger partial charge >= 0.3 is 0 Å². The number of thiophene rings is 1. The molecule has 0 radical (unpaired) electrons. The summed E-state index contributed by atoms with van der Waals surface area (Å²) in [7, 11) is 0. The second-order valence-corrected chi connectivity index (χ2v) is 7.74. The number of tetrazole rings is 1. The van der Waals surface area contributed by atoms with Crippen LogP contribution in [0.15, 0.2) is 46.3 Å². The monoisotopic (exact) mass is 407 g/mol. The number of carbonyl (C=O) groups is 1. The maximum absolute atomic E-state index is 12.4. The number of carbonyl (C=O) groups excluding carboxylic acids is 1. The summed E-state index contributed by atoms with van der Waals surface area (Å²) in [6, 6.07) is 11.8. The van der Waals surface area contributed by atoms with E-state index < -0.39 is 0 Å². The standard InChI is InChI=1S/C19H17N7O2S/c27-16(8-9-17-21-18(23-28-17)15-5-2-10-29-15)20-13-4-1-3-12(11-13)19-22-24-25-26(19)14-6-7-14/h1-5,10-11,14H,6-9H2,(H,20,27). The molecule has 1 aliphatic rings. The number of aromatic nitrogens is 6. The molecule has 3 aromatic heterocycles. The normalized spacial score (nSPS) is 13.5. The highest BCUT2D eigenvalue weighted by Gasteiger charge is 2.28. The number of rotatable bonds is 7. The van der Waals surface area contributed by atoms with Gasteiger partial charge in [0, 0.05) is 24.1 Å². The zero-order valence-electron chi connectivity index (χ0n) is 15.4. The molecule has 29 heavy (non-hydrogen) atoms. The van der Waals surface area contributed by atoms with E-state index in [2.05, 4.69) is 31.0 Å². The third-order valence-corrected chi connectivity index (χ3v) is 5.43. The number of nitrogens with zero attached hydrogens (tertiary/aromatic N) is 6. The highest BCUT2D eigenvalue weighted by atomic mass is 32.1. The van der Waals surface area contributed by atoms with Crippen molar-refractivity contribution >= 4 is 22.9 Å². The first-order valence-corrected chi connectivity index (χ1v) is 10.2. The summed E-state index contributed by atoms with van der Waals surface area (Å²) < 4.78 is 7.09.